The van der Waals surface area contributed by atoms with Gasteiger partial charge in [-0.1, -0.05) is 43.2 Å². The molecule has 11 heteroatoms. The van der Waals surface area contributed by atoms with Gasteiger partial charge in [0.2, 0.25) is 5.91 Å². The van der Waals surface area contributed by atoms with E-state index < -0.39 is 11.1 Å². The molecule has 0 unspecified atom stereocenters. The summed E-state index contributed by atoms with van der Waals surface area (Å²) in [6, 6.07) is 17.4. The van der Waals surface area contributed by atoms with Crippen molar-refractivity contribution in [3.63, 3.8) is 0 Å². The average Bonchev–Trinajstić information content (AvgIpc) is 3.55. The van der Waals surface area contributed by atoms with Crippen molar-refractivity contribution in [2.45, 2.75) is 38.5 Å². The number of rotatable bonds is 12. The van der Waals surface area contributed by atoms with Crippen molar-refractivity contribution >= 4 is 52.6 Å². The van der Waals surface area contributed by atoms with Crippen LogP contribution >= 0.6 is 11.3 Å². The maximum absolute atomic E-state index is 12.7. The molecule has 0 bridgehead atoms. The number of carbonyl (C=O) groups is 3. The highest BCUT2D eigenvalue weighted by Gasteiger charge is 2.07. The lowest BCUT2D eigenvalue weighted by molar-refractivity contribution is -0.140. The van der Waals surface area contributed by atoms with Crippen molar-refractivity contribution in [1.29, 1.82) is 0 Å². The summed E-state index contributed by atoms with van der Waals surface area (Å²) in [5, 5.41) is 7.68. The predicted molar refractivity (Wildman–Crippen MR) is 168 cm³/mol. The van der Waals surface area contributed by atoms with E-state index in [1.165, 1.54) is 18.4 Å². The molecule has 4 rings (SSSR count). The molecule has 2 aromatic heterocycles. The molecule has 2 aromatic carbocycles. The number of ether oxygens (including phenoxy) is 1. The molecule has 222 valence electrons. The molecule has 0 fully saturated rings. The third-order valence-electron chi connectivity index (χ3n) is 6.48. The molecular weight excluding hydrogens is 568 g/mol. The Morgan fingerprint density at radius 1 is 0.744 bits per heavy atom. The van der Waals surface area contributed by atoms with Gasteiger partial charge in [-0.25, -0.2) is 0 Å². The van der Waals surface area contributed by atoms with Gasteiger partial charge in [0.25, 0.3) is 17.0 Å². The van der Waals surface area contributed by atoms with E-state index in [9.17, 15) is 24.0 Å². The quantitative estimate of drug-likeness (QED) is 0.144. The number of esters is 1. The van der Waals surface area contributed by atoms with Crippen LogP contribution in [-0.4, -0.2) is 34.9 Å². The van der Waals surface area contributed by atoms with E-state index in [0.717, 1.165) is 25.7 Å². The highest BCUT2D eigenvalue weighted by atomic mass is 32.1. The highest BCUT2D eigenvalue weighted by Crippen LogP contribution is 2.15. The normalized spacial score (nSPS) is 11.7. The first-order valence-corrected chi connectivity index (χ1v) is 14.7. The van der Waals surface area contributed by atoms with Gasteiger partial charge in [-0.2, -0.15) is 0 Å². The number of methoxy groups -OCH3 is 1. The number of unbranched alkanes of at least 4 members (excludes halogenated alkanes) is 3. The SMILES string of the molecule is COC(=O)CCCCCCC(=O)Nc1ccc(/C=c2/[nH]c(=O)/c(=C/c3ccc(NC(=O)c4cccs4)cc3)[nH]c2=O)cc1. The summed E-state index contributed by atoms with van der Waals surface area (Å²) in [4.78, 5) is 66.8. The van der Waals surface area contributed by atoms with E-state index in [0.29, 0.717) is 40.2 Å². The zero-order valence-electron chi connectivity index (χ0n) is 23.6. The average molecular weight is 601 g/mol. The van der Waals surface area contributed by atoms with Crippen molar-refractivity contribution in [1.82, 2.24) is 9.97 Å². The minimum atomic E-state index is -0.463. The molecular formula is C32H32N4O6S. The first-order chi connectivity index (χ1) is 20.8. The number of carbonyl (C=O) groups excluding carboxylic acids is 3. The third-order valence-corrected chi connectivity index (χ3v) is 7.35. The van der Waals surface area contributed by atoms with Crippen molar-refractivity contribution in [3.05, 3.63) is 113 Å². The van der Waals surface area contributed by atoms with Gasteiger partial charge in [0.1, 0.15) is 10.7 Å². The van der Waals surface area contributed by atoms with Crippen LogP contribution in [0, 0.1) is 0 Å². The number of hydrogen-bond donors (Lipinski definition) is 4. The van der Waals surface area contributed by atoms with Gasteiger partial charge in [0.05, 0.1) is 12.0 Å². The molecule has 10 nitrogen and oxygen atoms in total. The number of aromatic amines is 2. The van der Waals surface area contributed by atoms with Crippen molar-refractivity contribution in [2.75, 3.05) is 17.7 Å². The molecule has 2 amide bonds. The number of benzene rings is 2. The molecule has 0 atom stereocenters. The first kappa shape index (κ1) is 30.9. The molecule has 43 heavy (non-hydrogen) atoms. The van der Waals surface area contributed by atoms with Crippen LogP contribution in [0.1, 0.15) is 59.3 Å². The zero-order chi connectivity index (χ0) is 30.6. The summed E-state index contributed by atoms with van der Waals surface area (Å²) < 4.78 is 4.61. The summed E-state index contributed by atoms with van der Waals surface area (Å²) in [7, 11) is 1.37. The maximum Gasteiger partial charge on any atom is 0.305 e. The van der Waals surface area contributed by atoms with E-state index in [1.807, 2.05) is 5.38 Å². The van der Waals surface area contributed by atoms with Crippen LogP contribution in [-0.2, 0) is 14.3 Å². The maximum atomic E-state index is 12.7. The van der Waals surface area contributed by atoms with Crippen LogP contribution in [0.25, 0.3) is 12.2 Å². The fraction of sp³-hybridized carbons (Fsp3) is 0.219. The smallest absolute Gasteiger partial charge is 0.305 e. The predicted octanol–water partition coefficient (Wildman–Crippen LogP) is 3.49. The Morgan fingerprint density at radius 3 is 1.79 bits per heavy atom. The molecule has 0 aliphatic carbocycles. The molecule has 0 saturated heterocycles. The van der Waals surface area contributed by atoms with Crippen LogP contribution < -0.4 is 32.5 Å². The van der Waals surface area contributed by atoms with Gasteiger partial charge in [0.15, 0.2) is 0 Å². The molecule has 2 heterocycles. The van der Waals surface area contributed by atoms with Crippen LogP contribution in [0.5, 0.6) is 0 Å². The Morgan fingerprint density at radius 2 is 1.28 bits per heavy atom. The van der Waals surface area contributed by atoms with Gasteiger partial charge in [-0.15, -0.1) is 11.3 Å². The fourth-order valence-electron chi connectivity index (χ4n) is 4.19. The molecule has 0 radical (unpaired) electrons. The Balaban J connectivity index is 1.34. The summed E-state index contributed by atoms with van der Waals surface area (Å²) in [5.74, 6) is -0.521. The van der Waals surface area contributed by atoms with Crippen LogP contribution in [0.3, 0.4) is 0 Å². The summed E-state index contributed by atoms with van der Waals surface area (Å²) >= 11 is 1.35. The molecule has 0 saturated carbocycles. The number of amides is 2. The fourth-order valence-corrected chi connectivity index (χ4v) is 4.81. The Bertz CT molecular complexity index is 1790. The number of H-pyrrole nitrogens is 2. The Kier molecular flexibility index (Phi) is 11.0. The van der Waals surface area contributed by atoms with Crippen LogP contribution in [0.15, 0.2) is 75.6 Å². The van der Waals surface area contributed by atoms with Gasteiger partial charge >= 0.3 is 5.97 Å². The van der Waals surface area contributed by atoms with Gasteiger partial charge in [0, 0.05) is 24.2 Å². The largest absolute Gasteiger partial charge is 0.469 e. The standard InChI is InChI=1S/C32H32N4O6S/c1-42-29(38)9-5-3-2-4-8-28(37)33-23-14-10-21(11-15-23)19-25-30(39)36-26(31(40)35-25)20-22-12-16-24(17-13-22)34-32(41)27-7-6-18-43-27/h6-7,10-20H,2-5,8-9H2,1H3,(H,33,37)(H,34,41)(H,35,40)(H,36,39)/b25-19+,26-20-. The van der Waals surface area contributed by atoms with E-state index in [-0.39, 0.29) is 28.5 Å². The van der Waals surface area contributed by atoms with E-state index >= 15 is 0 Å². The van der Waals surface area contributed by atoms with Crippen molar-refractivity contribution in [2.24, 2.45) is 0 Å². The van der Waals surface area contributed by atoms with Crippen LogP contribution in [0.4, 0.5) is 11.4 Å². The van der Waals surface area contributed by atoms with Gasteiger partial charge in [-0.3, -0.25) is 24.0 Å². The monoisotopic (exact) mass is 600 g/mol. The van der Waals surface area contributed by atoms with E-state index in [4.69, 9.17) is 0 Å². The summed E-state index contributed by atoms with van der Waals surface area (Å²) in [5.41, 5.74) is 1.64. The van der Waals surface area contributed by atoms with Crippen molar-refractivity contribution in [3.8, 4) is 0 Å². The first-order valence-electron chi connectivity index (χ1n) is 13.8. The molecule has 4 N–H and O–H groups in total. The highest BCUT2D eigenvalue weighted by molar-refractivity contribution is 7.12. The number of anilines is 2. The minimum Gasteiger partial charge on any atom is -0.469 e. The van der Waals surface area contributed by atoms with Gasteiger partial charge < -0.3 is 25.3 Å². The zero-order valence-corrected chi connectivity index (χ0v) is 24.4. The topological polar surface area (TPSA) is 150 Å². The number of nitrogens with one attached hydrogen (secondary N) is 4. The second-order valence-corrected chi connectivity index (χ2v) is 10.7. The number of thiophene rings is 1. The summed E-state index contributed by atoms with van der Waals surface area (Å²) in [6.07, 6.45) is 7.05. The Hall–Kier alpha value is -5.03. The van der Waals surface area contributed by atoms with Crippen LogP contribution in [0.2, 0.25) is 0 Å². The molecule has 0 aliphatic heterocycles. The van der Waals surface area contributed by atoms with Crippen molar-refractivity contribution < 1.29 is 19.1 Å². The Labute approximate surface area is 251 Å². The van der Waals surface area contributed by atoms with Gasteiger partial charge in [-0.05, 0) is 71.8 Å². The second kappa shape index (κ2) is 15.3. The lowest BCUT2D eigenvalue weighted by atomic mass is 10.1. The lowest BCUT2D eigenvalue weighted by Gasteiger charge is -2.06. The lowest BCUT2D eigenvalue weighted by Crippen LogP contribution is -2.46. The van der Waals surface area contributed by atoms with E-state index in [2.05, 4.69) is 25.3 Å². The minimum absolute atomic E-state index is 0.0952. The summed E-state index contributed by atoms with van der Waals surface area (Å²) in [6.45, 7) is 0. The molecule has 4 aromatic rings. The second-order valence-electron chi connectivity index (χ2n) is 9.74. The molecule has 0 spiro atoms. The number of aromatic nitrogens is 2. The number of hydrogen-bond acceptors (Lipinski definition) is 7. The third kappa shape index (κ3) is 9.50. The molecule has 0 aliphatic rings. The van der Waals surface area contributed by atoms with E-state index in [1.54, 1.807) is 72.8 Å².